The zero-order chi connectivity index (χ0) is 11.7. The number of hydrogen-bond acceptors (Lipinski definition) is 2. The first kappa shape index (κ1) is 10.4. The van der Waals surface area contributed by atoms with Crippen molar-refractivity contribution in [1.29, 1.82) is 0 Å². The summed E-state index contributed by atoms with van der Waals surface area (Å²) in [6, 6.07) is 18.2. The minimum Gasteiger partial charge on any atom is -0.446 e. The van der Waals surface area contributed by atoms with Crippen LogP contribution in [0.25, 0.3) is 21.5 Å². The number of fused-ring (bicyclic) bond motifs is 2. The zero-order valence-corrected chi connectivity index (χ0v) is 10.2. The Bertz CT molecular complexity index is 707. The minimum absolute atomic E-state index is 0.693. The topological polar surface area (TPSA) is 26.3 Å². The van der Waals surface area contributed by atoms with Crippen LogP contribution in [0.5, 0.6) is 5.75 Å². The van der Waals surface area contributed by atoms with E-state index in [4.69, 9.17) is 4.52 Å². The SMILES string of the molecule is O=[PH2]Oc1cccc2cc3ccccc3cc12. The highest BCUT2D eigenvalue weighted by atomic mass is 31.1. The highest BCUT2D eigenvalue weighted by Crippen LogP contribution is 2.31. The van der Waals surface area contributed by atoms with Crippen molar-refractivity contribution in [2.24, 2.45) is 0 Å². The van der Waals surface area contributed by atoms with Gasteiger partial charge in [0.1, 0.15) is 5.75 Å². The lowest BCUT2D eigenvalue weighted by Gasteiger charge is -2.06. The lowest BCUT2D eigenvalue weighted by Crippen LogP contribution is -1.80. The summed E-state index contributed by atoms with van der Waals surface area (Å²) in [5.74, 6) is 0.693. The van der Waals surface area contributed by atoms with Crippen LogP contribution in [0.1, 0.15) is 0 Å². The van der Waals surface area contributed by atoms with Crippen LogP contribution in [-0.2, 0) is 4.57 Å². The molecule has 84 valence electrons. The van der Waals surface area contributed by atoms with E-state index < -0.39 is 8.69 Å². The average Bonchev–Trinajstić information content (AvgIpc) is 2.37. The highest BCUT2D eigenvalue weighted by molar-refractivity contribution is 7.17. The molecular formula is C14H11O2P. The third-order valence-electron chi connectivity index (χ3n) is 2.88. The third kappa shape index (κ3) is 1.81. The molecule has 0 radical (unpaired) electrons. The average molecular weight is 242 g/mol. The molecule has 3 aromatic carbocycles. The molecule has 3 heteroatoms. The Morgan fingerprint density at radius 1 is 0.824 bits per heavy atom. The molecule has 0 aliphatic carbocycles. The van der Waals surface area contributed by atoms with Gasteiger partial charge in [-0.2, -0.15) is 0 Å². The maximum Gasteiger partial charge on any atom is 0.225 e. The smallest absolute Gasteiger partial charge is 0.225 e. The van der Waals surface area contributed by atoms with Crippen LogP contribution in [0, 0.1) is 0 Å². The normalized spacial score (nSPS) is 11.5. The molecule has 0 heterocycles. The molecule has 0 spiro atoms. The molecule has 0 saturated carbocycles. The van der Waals surface area contributed by atoms with Gasteiger partial charge in [-0.3, -0.25) is 4.57 Å². The van der Waals surface area contributed by atoms with Gasteiger partial charge in [0.15, 0.2) is 0 Å². The molecule has 1 atom stereocenters. The number of benzene rings is 3. The molecule has 0 bridgehead atoms. The van der Waals surface area contributed by atoms with Crippen molar-refractivity contribution < 1.29 is 9.09 Å². The maximum atomic E-state index is 10.7. The Morgan fingerprint density at radius 3 is 2.29 bits per heavy atom. The summed E-state index contributed by atoms with van der Waals surface area (Å²) >= 11 is 0. The van der Waals surface area contributed by atoms with Crippen molar-refractivity contribution in [3.05, 3.63) is 54.6 Å². The lowest BCUT2D eigenvalue weighted by atomic mass is 10.0. The van der Waals surface area contributed by atoms with Crippen molar-refractivity contribution in [1.82, 2.24) is 0 Å². The monoisotopic (exact) mass is 242 g/mol. The molecule has 0 aliphatic rings. The first-order valence-electron chi connectivity index (χ1n) is 5.40. The van der Waals surface area contributed by atoms with Crippen molar-refractivity contribution >= 4 is 30.2 Å². The molecule has 2 nitrogen and oxygen atoms in total. The Hall–Kier alpha value is -1.79. The van der Waals surface area contributed by atoms with Gasteiger partial charge < -0.3 is 4.52 Å². The van der Waals surface area contributed by atoms with E-state index in [1.54, 1.807) is 0 Å². The van der Waals surface area contributed by atoms with Gasteiger partial charge in [0, 0.05) is 5.39 Å². The second kappa shape index (κ2) is 4.23. The van der Waals surface area contributed by atoms with Crippen molar-refractivity contribution in [2.75, 3.05) is 0 Å². The Morgan fingerprint density at radius 2 is 1.53 bits per heavy atom. The number of hydrogen-bond donors (Lipinski definition) is 0. The molecule has 0 saturated heterocycles. The van der Waals surface area contributed by atoms with Crippen molar-refractivity contribution in [2.45, 2.75) is 0 Å². The zero-order valence-electron chi connectivity index (χ0n) is 9.09. The summed E-state index contributed by atoms with van der Waals surface area (Å²) in [6.07, 6.45) is 0. The van der Waals surface area contributed by atoms with Crippen LogP contribution in [0.4, 0.5) is 0 Å². The van der Waals surface area contributed by atoms with Gasteiger partial charge in [-0.1, -0.05) is 36.4 Å². The van der Waals surface area contributed by atoms with Crippen molar-refractivity contribution in [3.63, 3.8) is 0 Å². The Balaban J connectivity index is 2.39. The molecule has 0 fully saturated rings. The fourth-order valence-corrected chi connectivity index (χ4v) is 2.40. The Labute approximate surface area is 100 Å². The van der Waals surface area contributed by atoms with Crippen molar-refractivity contribution in [3.8, 4) is 5.75 Å². The third-order valence-corrected chi connectivity index (χ3v) is 3.23. The molecule has 0 aliphatic heterocycles. The van der Waals surface area contributed by atoms with E-state index in [0.29, 0.717) is 5.75 Å². The summed E-state index contributed by atoms with van der Waals surface area (Å²) in [5.41, 5.74) is 0. The summed E-state index contributed by atoms with van der Waals surface area (Å²) in [7, 11) is -1.22. The summed E-state index contributed by atoms with van der Waals surface area (Å²) in [5, 5.41) is 4.48. The van der Waals surface area contributed by atoms with Crippen LogP contribution in [0.2, 0.25) is 0 Å². The first-order chi connectivity index (χ1) is 8.38. The van der Waals surface area contributed by atoms with E-state index in [1.165, 1.54) is 5.39 Å². The molecule has 3 aromatic rings. The maximum absolute atomic E-state index is 10.7. The predicted octanol–water partition coefficient (Wildman–Crippen LogP) is 4.04. The molecular weight excluding hydrogens is 231 g/mol. The molecule has 0 aromatic heterocycles. The van der Waals surface area contributed by atoms with E-state index >= 15 is 0 Å². The standard InChI is InChI=1S/C14H11O2P/c15-17-16-14-7-3-6-12-8-10-4-1-2-5-11(10)9-13(12)14/h1-9H,17H2. The van der Waals surface area contributed by atoms with Gasteiger partial charge in [-0.25, -0.2) is 0 Å². The minimum atomic E-state index is -1.22. The second-order valence-corrected chi connectivity index (χ2v) is 4.32. The van der Waals surface area contributed by atoms with Crippen LogP contribution >= 0.6 is 8.69 Å². The van der Waals surface area contributed by atoms with Crippen LogP contribution in [-0.4, -0.2) is 0 Å². The van der Waals surface area contributed by atoms with Gasteiger partial charge >= 0.3 is 0 Å². The molecule has 0 N–H and O–H groups in total. The van der Waals surface area contributed by atoms with Gasteiger partial charge in [0.2, 0.25) is 8.69 Å². The van der Waals surface area contributed by atoms with Crippen LogP contribution in [0.3, 0.4) is 0 Å². The van der Waals surface area contributed by atoms with E-state index in [2.05, 4.69) is 24.3 Å². The molecule has 3 rings (SSSR count). The van der Waals surface area contributed by atoms with Gasteiger partial charge in [0.05, 0.1) is 0 Å². The molecule has 0 amide bonds. The van der Waals surface area contributed by atoms with Gasteiger partial charge in [-0.15, -0.1) is 0 Å². The summed E-state index contributed by atoms with van der Waals surface area (Å²) in [6.45, 7) is 0. The molecule has 17 heavy (non-hydrogen) atoms. The van der Waals surface area contributed by atoms with Gasteiger partial charge in [0.25, 0.3) is 0 Å². The first-order valence-corrected chi connectivity index (χ1v) is 6.34. The van der Waals surface area contributed by atoms with E-state index in [1.807, 2.05) is 30.3 Å². The fraction of sp³-hybridized carbons (Fsp3) is 0. The largest absolute Gasteiger partial charge is 0.446 e. The van der Waals surface area contributed by atoms with Crippen LogP contribution in [0.15, 0.2) is 54.6 Å². The van der Waals surface area contributed by atoms with E-state index in [0.717, 1.165) is 16.2 Å². The second-order valence-electron chi connectivity index (χ2n) is 3.89. The fourth-order valence-electron chi connectivity index (χ4n) is 2.09. The number of rotatable bonds is 2. The predicted molar refractivity (Wildman–Crippen MR) is 72.5 cm³/mol. The highest BCUT2D eigenvalue weighted by Gasteiger charge is 2.03. The summed E-state index contributed by atoms with van der Waals surface area (Å²) < 4.78 is 15.9. The summed E-state index contributed by atoms with van der Waals surface area (Å²) in [4.78, 5) is 0. The Kier molecular flexibility index (Phi) is 2.58. The van der Waals surface area contributed by atoms with E-state index in [-0.39, 0.29) is 0 Å². The van der Waals surface area contributed by atoms with Crippen LogP contribution < -0.4 is 4.52 Å². The van der Waals surface area contributed by atoms with E-state index in [9.17, 15) is 4.57 Å². The molecule has 1 unspecified atom stereocenters. The van der Waals surface area contributed by atoms with Gasteiger partial charge in [-0.05, 0) is 34.4 Å². The lowest BCUT2D eigenvalue weighted by molar-refractivity contribution is 0.528. The quantitative estimate of drug-likeness (QED) is 0.500.